The molecule has 1 aromatic heterocycles. The summed E-state index contributed by atoms with van der Waals surface area (Å²) in [5.41, 5.74) is 0.838. The number of rotatable bonds is 3. The Morgan fingerprint density at radius 3 is 2.32 bits per heavy atom. The minimum Gasteiger partial charge on any atom is -0.478 e. The first kappa shape index (κ1) is 13.2. The Labute approximate surface area is 117 Å². The number of carboxylic acids is 1. The topological polar surface area (TPSA) is 79.3 Å². The van der Waals surface area contributed by atoms with Crippen molar-refractivity contribution in [3.05, 3.63) is 58.3 Å². The molecule has 0 bridgehead atoms. The van der Waals surface area contributed by atoms with Crippen LogP contribution in [0.25, 0.3) is 0 Å². The highest BCUT2D eigenvalue weighted by Crippen LogP contribution is 2.14. The van der Waals surface area contributed by atoms with Gasteiger partial charge in [-0.05, 0) is 36.4 Å². The summed E-state index contributed by atoms with van der Waals surface area (Å²) in [4.78, 5) is 26.3. The van der Waals surface area contributed by atoms with Crippen molar-refractivity contribution < 1.29 is 14.7 Å². The predicted octanol–water partition coefficient (Wildman–Crippen LogP) is 2.79. The van der Waals surface area contributed by atoms with Crippen LogP contribution in [0.1, 0.15) is 20.8 Å². The molecule has 96 valence electrons. The van der Waals surface area contributed by atoms with Gasteiger partial charge in [0.25, 0.3) is 5.91 Å². The Balaban J connectivity index is 2.11. The molecule has 1 aromatic carbocycles. The van der Waals surface area contributed by atoms with Gasteiger partial charge in [0.15, 0.2) is 0 Å². The highest BCUT2D eigenvalue weighted by Gasteiger charge is 2.09. The molecule has 0 unspecified atom stereocenters. The van der Waals surface area contributed by atoms with Gasteiger partial charge in [-0.1, -0.05) is 15.9 Å². The van der Waals surface area contributed by atoms with Gasteiger partial charge in [0.05, 0.1) is 5.56 Å². The van der Waals surface area contributed by atoms with Crippen molar-refractivity contribution in [1.82, 2.24) is 4.98 Å². The van der Waals surface area contributed by atoms with Crippen LogP contribution in [0.5, 0.6) is 0 Å². The number of halogens is 1. The van der Waals surface area contributed by atoms with Crippen LogP contribution >= 0.6 is 15.9 Å². The van der Waals surface area contributed by atoms with Crippen LogP contribution in [0, 0.1) is 0 Å². The van der Waals surface area contributed by atoms with E-state index in [0.29, 0.717) is 5.69 Å². The van der Waals surface area contributed by atoms with Crippen molar-refractivity contribution in [1.29, 1.82) is 0 Å². The van der Waals surface area contributed by atoms with E-state index < -0.39 is 5.97 Å². The van der Waals surface area contributed by atoms with Crippen molar-refractivity contribution in [3.63, 3.8) is 0 Å². The summed E-state index contributed by atoms with van der Waals surface area (Å²) >= 11 is 3.30. The molecule has 1 heterocycles. The number of aromatic carboxylic acids is 1. The quantitative estimate of drug-likeness (QED) is 0.911. The monoisotopic (exact) mass is 320 g/mol. The molecule has 19 heavy (non-hydrogen) atoms. The molecule has 0 saturated heterocycles. The van der Waals surface area contributed by atoms with Crippen LogP contribution in [-0.2, 0) is 0 Å². The second kappa shape index (κ2) is 5.62. The van der Waals surface area contributed by atoms with E-state index in [4.69, 9.17) is 5.11 Å². The smallest absolute Gasteiger partial charge is 0.337 e. The first-order valence-electron chi connectivity index (χ1n) is 5.32. The standard InChI is InChI=1S/C13H9BrN2O3/c14-9-2-4-10(5-3-9)16-12(17)11-6-1-8(7-15-11)13(18)19/h1-7H,(H,16,17)(H,18,19). The summed E-state index contributed by atoms with van der Waals surface area (Å²) in [7, 11) is 0. The first-order valence-corrected chi connectivity index (χ1v) is 6.12. The van der Waals surface area contributed by atoms with Gasteiger partial charge in [-0.3, -0.25) is 9.78 Å². The van der Waals surface area contributed by atoms with E-state index >= 15 is 0 Å². The van der Waals surface area contributed by atoms with E-state index in [2.05, 4.69) is 26.2 Å². The molecule has 0 aliphatic heterocycles. The van der Waals surface area contributed by atoms with Crippen LogP contribution in [-0.4, -0.2) is 22.0 Å². The Bertz CT molecular complexity index is 609. The van der Waals surface area contributed by atoms with Crippen molar-refractivity contribution >= 4 is 33.5 Å². The third-order valence-electron chi connectivity index (χ3n) is 2.35. The molecular formula is C13H9BrN2O3. The minimum atomic E-state index is -1.08. The SMILES string of the molecule is O=C(O)c1ccc(C(=O)Nc2ccc(Br)cc2)nc1. The van der Waals surface area contributed by atoms with Crippen LogP contribution < -0.4 is 5.32 Å². The number of nitrogens with one attached hydrogen (secondary N) is 1. The Morgan fingerprint density at radius 2 is 1.79 bits per heavy atom. The van der Waals surface area contributed by atoms with Gasteiger partial charge in [-0.15, -0.1) is 0 Å². The molecule has 0 fully saturated rings. The summed E-state index contributed by atoms with van der Waals surface area (Å²) < 4.78 is 0.912. The van der Waals surface area contributed by atoms with Crippen molar-refractivity contribution in [2.75, 3.05) is 5.32 Å². The van der Waals surface area contributed by atoms with Gasteiger partial charge >= 0.3 is 5.97 Å². The maximum Gasteiger partial charge on any atom is 0.337 e. The molecule has 5 nitrogen and oxygen atoms in total. The zero-order valence-corrected chi connectivity index (χ0v) is 11.2. The molecule has 2 aromatic rings. The van der Waals surface area contributed by atoms with Gasteiger partial charge < -0.3 is 10.4 Å². The average molecular weight is 321 g/mol. The number of aromatic nitrogens is 1. The molecule has 6 heteroatoms. The van der Waals surface area contributed by atoms with E-state index in [1.807, 2.05) is 0 Å². The van der Waals surface area contributed by atoms with E-state index in [1.165, 1.54) is 12.1 Å². The fourth-order valence-corrected chi connectivity index (χ4v) is 1.65. The van der Waals surface area contributed by atoms with E-state index in [0.717, 1.165) is 10.7 Å². The summed E-state index contributed by atoms with van der Waals surface area (Å²) in [6.07, 6.45) is 1.15. The number of hydrogen-bond donors (Lipinski definition) is 2. The number of hydrogen-bond acceptors (Lipinski definition) is 3. The summed E-state index contributed by atoms with van der Waals surface area (Å²) in [5.74, 6) is -1.47. The van der Waals surface area contributed by atoms with Crippen molar-refractivity contribution in [3.8, 4) is 0 Å². The number of pyridine rings is 1. The second-order valence-corrected chi connectivity index (χ2v) is 4.61. The molecule has 1 amide bonds. The fraction of sp³-hybridized carbons (Fsp3) is 0. The fourth-order valence-electron chi connectivity index (χ4n) is 1.38. The third-order valence-corrected chi connectivity index (χ3v) is 2.87. The van der Waals surface area contributed by atoms with Gasteiger partial charge in [0.2, 0.25) is 0 Å². The number of amides is 1. The van der Waals surface area contributed by atoms with Gasteiger partial charge in [-0.2, -0.15) is 0 Å². The van der Waals surface area contributed by atoms with Crippen molar-refractivity contribution in [2.45, 2.75) is 0 Å². The van der Waals surface area contributed by atoms with Gasteiger partial charge in [-0.25, -0.2) is 4.79 Å². The van der Waals surface area contributed by atoms with E-state index in [-0.39, 0.29) is 17.2 Å². The third kappa shape index (κ3) is 3.38. The summed E-state index contributed by atoms with van der Waals surface area (Å²) in [6.45, 7) is 0. The van der Waals surface area contributed by atoms with E-state index in [9.17, 15) is 9.59 Å². The maximum absolute atomic E-state index is 11.8. The van der Waals surface area contributed by atoms with Crippen molar-refractivity contribution in [2.24, 2.45) is 0 Å². The van der Waals surface area contributed by atoms with Gasteiger partial charge in [0.1, 0.15) is 5.69 Å². The van der Waals surface area contributed by atoms with Crippen LogP contribution in [0.2, 0.25) is 0 Å². The molecule has 0 atom stereocenters. The molecular weight excluding hydrogens is 312 g/mol. The zero-order chi connectivity index (χ0) is 13.8. The van der Waals surface area contributed by atoms with Crippen LogP contribution in [0.4, 0.5) is 5.69 Å². The lowest BCUT2D eigenvalue weighted by Crippen LogP contribution is -2.14. The largest absolute Gasteiger partial charge is 0.478 e. The Morgan fingerprint density at radius 1 is 1.11 bits per heavy atom. The predicted molar refractivity (Wildman–Crippen MR) is 73.3 cm³/mol. The molecule has 2 rings (SSSR count). The Kier molecular flexibility index (Phi) is 3.91. The van der Waals surface area contributed by atoms with Crippen LogP contribution in [0.3, 0.4) is 0 Å². The second-order valence-electron chi connectivity index (χ2n) is 3.70. The number of carbonyl (C=O) groups is 2. The number of carbonyl (C=O) groups excluding carboxylic acids is 1. The number of anilines is 1. The highest BCUT2D eigenvalue weighted by molar-refractivity contribution is 9.10. The molecule has 0 saturated carbocycles. The average Bonchev–Trinajstić information content (AvgIpc) is 2.41. The summed E-state index contributed by atoms with van der Waals surface area (Å²) in [5, 5.41) is 11.4. The number of benzene rings is 1. The first-order chi connectivity index (χ1) is 9.06. The lowest BCUT2D eigenvalue weighted by Gasteiger charge is -2.04. The lowest BCUT2D eigenvalue weighted by atomic mass is 10.2. The molecule has 2 N–H and O–H groups in total. The highest BCUT2D eigenvalue weighted by atomic mass is 79.9. The zero-order valence-electron chi connectivity index (χ0n) is 9.63. The molecule has 0 radical (unpaired) electrons. The lowest BCUT2D eigenvalue weighted by molar-refractivity contribution is 0.0696. The van der Waals surface area contributed by atoms with E-state index in [1.54, 1.807) is 24.3 Å². The maximum atomic E-state index is 11.8. The molecule has 0 spiro atoms. The van der Waals surface area contributed by atoms with Gasteiger partial charge in [0, 0.05) is 16.4 Å². The molecule has 0 aliphatic carbocycles. The Hall–Kier alpha value is -2.21. The molecule has 0 aliphatic rings. The minimum absolute atomic E-state index is 0.0418. The normalized spacial score (nSPS) is 9.95. The number of carboxylic acid groups (broad SMARTS) is 1. The summed E-state index contributed by atoms with van der Waals surface area (Å²) in [6, 6.07) is 9.80. The number of nitrogens with zero attached hydrogens (tertiary/aromatic N) is 1. The van der Waals surface area contributed by atoms with Crippen LogP contribution in [0.15, 0.2) is 47.1 Å².